The Kier molecular flexibility index (Phi) is 4.09. The van der Waals surface area contributed by atoms with Crippen LogP contribution in [0.15, 0.2) is 24.3 Å². The van der Waals surface area contributed by atoms with Crippen LogP contribution in [0, 0.1) is 11.3 Å². The highest BCUT2D eigenvalue weighted by molar-refractivity contribution is 5.27. The molecule has 0 amide bonds. The van der Waals surface area contributed by atoms with Crippen molar-refractivity contribution in [1.29, 1.82) is 5.26 Å². The van der Waals surface area contributed by atoms with Crippen LogP contribution in [0.3, 0.4) is 0 Å². The second-order valence-corrected chi connectivity index (χ2v) is 5.17. The van der Waals surface area contributed by atoms with Gasteiger partial charge in [-0.05, 0) is 23.0 Å². The predicted molar refractivity (Wildman–Crippen MR) is 65.1 cm³/mol. The quantitative estimate of drug-likeness (QED) is 0.846. The van der Waals surface area contributed by atoms with E-state index in [2.05, 4.69) is 32.9 Å². The van der Waals surface area contributed by atoms with Gasteiger partial charge >= 0.3 is 0 Å². The molecule has 0 heterocycles. The van der Waals surface area contributed by atoms with Gasteiger partial charge in [0.1, 0.15) is 0 Å². The van der Waals surface area contributed by atoms with Gasteiger partial charge in [0.05, 0.1) is 18.6 Å². The average Bonchev–Trinajstić information content (AvgIpc) is 2.17. The van der Waals surface area contributed by atoms with Crippen molar-refractivity contribution in [3.8, 4) is 6.07 Å². The zero-order chi connectivity index (χ0) is 12.2. The Morgan fingerprint density at radius 1 is 1.25 bits per heavy atom. The summed E-state index contributed by atoms with van der Waals surface area (Å²) < 4.78 is 0. The van der Waals surface area contributed by atoms with Crippen LogP contribution in [0.1, 0.15) is 38.3 Å². The molecule has 0 fully saturated rings. The zero-order valence-corrected chi connectivity index (χ0v) is 10.2. The number of aliphatic hydroxyl groups is 1. The standard InChI is InChI=1S/C14H19NO/c1-14(2,3)12-6-4-11(5-7-12)10-13(16)8-9-15/h4-7,13,16H,8,10H2,1-3H3. The van der Waals surface area contributed by atoms with Gasteiger partial charge in [-0.1, -0.05) is 45.0 Å². The molecule has 0 bridgehead atoms. The van der Waals surface area contributed by atoms with Crippen molar-refractivity contribution in [2.45, 2.75) is 45.1 Å². The van der Waals surface area contributed by atoms with Crippen molar-refractivity contribution >= 4 is 0 Å². The topological polar surface area (TPSA) is 44.0 Å². The molecule has 16 heavy (non-hydrogen) atoms. The molecule has 0 saturated heterocycles. The zero-order valence-electron chi connectivity index (χ0n) is 10.2. The lowest BCUT2D eigenvalue weighted by atomic mass is 9.86. The van der Waals surface area contributed by atoms with Crippen LogP contribution < -0.4 is 0 Å². The number of nitrogens with zero attached hydrogens (tertiary/aromatic N) is 1. The third kappa shape index (κ3) is 3.67. The predicted octanol–water partition coefficient (Wildman–Crippen LogP) is 2.80. The molecule has 1 N–H and O–H groups in total. The Bertz CT molecular complexity index is 367. The molecular weight excluding hydrogens is 198 g/mol. The van der Waals surface area contributed by atoms with Crippen LogP contribution in [0.5, 0.6) is 0 Å². The summed E-state index contributed by atoms with van der Waals surface area (Å²) in [7, 11) is 0. The molecule has 1 rings (SSSR count). The fraction of sp³-hybridized carbons (Fsp3) is 0.500. The summed E-state index contributed by atoms with van der Waals surface area (Å²) in [5.41, 5.74) is 2.52. The molecule has 0 aromatic heterocycles. The molecule has 1 atom stereocenters. The van der Waals surface area contributed by atoms with Gasteiger partial charge in [0.15, 0.2) is 0 Å². The van der Waals surface area contributed by atoms with Crippen LogP contribution in [0.25, 0.3) is 0 Å². The van der Waals surface area contributed by atoms with E-state index in [4.69, 9.17) is 5.26 Å². The van der Waals surface area contributed by atoms with Crippen molar-refractivity contribution < 1.29 is 5.11 Å². The molecule has 0 aliphatic heterocycles. The van der Waals surface area contributed by atoms with Gasteiger partial charge in [0.2, 0.25) is 0 Å². The molecule has 1 aromatic carbocycles. The Labute approximate surface area is 97.5 Å². The lowest BCUT2D eigenvalue weighted by Crippen LogP contribution is -2.12. The van der Waals surface area contributed by atoms with Crippen LogP contribution >= 0.6 is 0 Å². The number of nitriles is 1. The first-order chi connectivity index (χ1) is 7.43. The van der Waals surface area contributed by atoms with Crippen LogP contribution in [0.4, 0.5) is 0 Å². The highest BCUT2D eigenvalue weighted by atomic mass is 16.3. The van der Waals surface area contributed by atoms with Crippen molar-refractivity contribution in [1.82, 2.24) is 0 Å². The largest absolute Gasteiger partial charge is 0.392 e. The Hall–Kier alpha value is -1.33. The third-order valence-corrected chi connectivity index (χ3v) is 2.62. The van der Waals surface area contributed by atoms with Crippen molar-refractivity contribution in [2.75, 3.05) is 0 Å². The monoisotopic (exact) mass is 217 g/mol. The SMILES string of the molecule is CC(C)(C)c1ccc(CC(O)CC#N)cc1. The first-order valence-corrected chi connectivity index (χ1v) is 5.58. The van der Waals surface area contributed by atoms with E-state index in [1.807, 2.05) is 18.2 Å². The van der Waals surface area contributed by atoms with Gasteiger partial charge in [0, 0.05) is 0 Å². The minimum atomic E-state index is -0.550. The summed E-state index contributed by atoms with van der Waals surface area (Å²) in [5, 5.41) is 18.0. The highest BCUT2D eigenvalue weighted by Crippen LogP contribution is 2.22. The molecule has 1 unspecified atom stereocenters. The Morgan fingerprint density at radius 2 is 1.81 bits per heavy atom. The van der Waals surface area contributed by atoms with E-state index in [-0.39, 0.29) is 11.8 Å². The van der Waals surface area contributed by atoms with E-state index in [9.17, 15) is 5.11 Å². The molecule has 0 aliphatic rings. The number of hydrogen-bond acceptors (Lipinski definition) is 2. The lowest BCUT2D eigenvalue weighted by molar-refractivity contribution is 0.180. The smallest absolute Gasteiger partial charge is 0.0710 e. The molecule has 2 nitrogen and oxygen atoms in total. The van der Waals surface area contributed by atoms with Gasteiger partial charge in [0.25, 0.3) is 0 Å². The maximum Gasteiger partial charge on any atom is 0.0710 e. The van der Waals surface area contributed by atoms with E-state index in [1.54, 1.807) is 0 Å². The van der Waals surface area contributed by atoms with Crippen LogP contribution in [0.2, 0.25) is 0 Å². The normalized spacial score (nSPS) is 13.2. The first kappa shape index (κ1) is 12.7. The van der Waals surface area contributed by atoms with Crippen molar-refractivity contribution in [3.05, 3.63) is 35.4 Å². The lowest BCUT2D eigenvalue weighted by Gasteiger charge is -2.19. The minimum Gasteiger partial charge on any atom is -0.392 e. The molecule has 2 heteroatoms. The van der Waals surface area contributed by atoms with E-state index >= 15 is 0 Å². The van der Waals surface area contributed by atoms with E-state index in [1.165, 1.54) is 5.56 Å². The molecular formula is C14H19NO. The minimum absolute atomic E-state index is 0.157. The van der Waals surface area contributed by atoms with E-state index in [0.717, 1.165) is 5.56 Å². The maximum absolute atomic E-state index is 9.51. The Morgan fingerprint density at radius 3 is 2.25 bits per heavy atom. The number of rotatable bonds is 3. The summed E-state index contributed by atoms with van der Waals surface area (Å²) in [4.78, 5) is 0. The second kappa shape index (κ2) is 5.14. The first-order valence-electron chi connectivity index (χ1n) is 5.58. The fourth-order valence-electron chi connectivity index (χ4n) is 1.59. The van der Waals surface area contributed by atoms with Crippen molar-refractivity contribution in [3.63, 3.8) is 0 Å². The summed E-state index contributed by atoms with van der Waals surface area (Å²) in [6.07, 6.45) is 0.199. The summed E-state index contributed by atoms with van der Waals surface area (Å²) >= 11 is 0. The van der Waals surface area contributed by atoms with Crippen LogP contribution in [-0.2, 0) is 11.8 Å². The van der Waals surface area contributed by atoms with Gasteiger partial charge in [-0.2, -0.15) is 5.26 Å². The van der Waals surface area contributed by atoms with Crippen LogP contribution in [-0.4, -0.2) is 11.2 Å². The molecule has 0 aliphatic carbocycles. The molecule has 0 spiro atoms. The van der Waals surface area contributed by atoms with Crippen molar-refractivity contribution in [2.24, 2.45) is 0 Å². The van der Waals surface area contributed by atoms with Gasteiger partial charge in [-0.25, -0.2) is 0 Å². The fourth-order valence-corrected chi connectivity index (χ4v) is 1.59. The van der Waals surface area contributed by atoms with Gasteiger partial charge < -0.3 is 5.11 Å². The molecule has 86 valence electrons. The summed E-state index contributed by atoms with van der Waals surface area (Å²) in [5.74, 6) is 0. The highest BCUT2D eigenvalue weighted by Gasteiger charge is 2.13. The second-order valence-electron chi connectivity index (χ2n) is 5.17. The number of aliphatic hydroxyl groups excluding tert-OH is 1. The van der Waals surface area contributed by atoms with Gasteiger partial charge in [-0.3, -0.25) is 0 Å². The number of hydrogen-bond donors (Lipinski definition) is 1. The summed E-state index contributed by atoms with van der Waals surface area (Å²) in [6.45, 7) is 6.52. The summed E-state index contributed by atoms with van der Waals surface area (Å²) in [6, 6.07) is 10.2. The maximum atomic E-state index is 9.51. The van der Waals surface area contributed by atoms with E-state index in [0.29, 0.717) is 6.42 Å². The molecule has 0 saturated carbocycles. The Balaban J connectivity index is 2.69. The van der Waals surface area contributed by atoms with Gasteiger partial charge in [-0.15, -0.1) is 0 Å². The molecule has 0 radical (unpaired) electrons. The van der Waals surface area contributed by atoms with E-state index < -0.39 is 6.10 Å². The average molecular weight is 217 g/mol. The molecule has 1 aromatic rings. The third-order valence-electron chi connectivity index (χ3n) is 2.62. The number of benzene rings is 1.